The Bertz CT molecular complexity index is 585. The summed E-state index contributed by atoms with van der Waals surface area (Å²) in [6, 6.07) is 6.28. The lowest BCUT2D eigenvalue weighted by molar-refractivity contribution is -0.117. The van der Waals surface area contributed by atoms with Crippen LogP contribution in [0.2, 0.25) is 0 Å². The first kappa shape index (κ1) is 14.0. The van der Waals surface area contributed by atoms with Gasteiger partial charge in [0.1, 0.15) is 0 Å². The monoisotopic (exact) mass is 284 g/mol. The van der Waals surface area contributed by atoms with E-state index in [4.69, 9.17) is 11.2 Å². The lowest BCUT2D eigenvalue weighted by Gasteiger charge is -2.30. The maximum atomic E-state index is 12.1. The highest BCUT2D eigenvalue weighted by Gasteiger charge is 2.30. The summed E-state index contributed by atoms with van der Waals surface area (Å²) in [5.74, 6) is 2.85. The molecule has 1 atom stereocenters. The number of hydrogen-bond donors (Lipinski definition) is 0. The molecule has 2 aliphatic rings. The number of carbonyl (C=O) groups is 1. The SMILES string of the molecule is C#CC1CC(=O)N(c2ccc(N3CCOCC3)cc2C)C1. The van der Waals surface area contributed by atoms with Crippen LogP contribution in [0, 0.1) is 25.2 Å². The molecule has 0 spiro atoms. The average Bonchev–Trinajstić information content (AvgIpc) is 2.89. The third kappa shape index (κ3) is 2.74. The van der Waals surface area contributed by atoms with Crippen LogP contribution in [0.3, 0.4) is 0 Å². The first-order chi connectivity index (χ1) is 10.2. The van der Waals surface area contributed by atoms with Gasteiger partial charge in [0, 0.05) is 43.3 Å². The standard InChI is InChI=1S/C17H20N2O2/c1-3-14-11-17(20)19(12-14)16-5-4-15(10-13(16)2)18-6-8-21-9-7-18/h1,4-5,10,14H,6-9,11-12H2,2H3. The van der Waals surface area contributed by atoms with Crippen LogP contribution >= 0.6 is 0 Å². The van der Waals surface area contributed by atoms with Crippen molar-refractivity contribution in [3.8, 4) is 12.3 Å². The predicted molar refractivity (Wildman–Crippen MR) is 83.5 cm³/mol. The molecule has 0 N–H and O–H groups in total. The van der Waals surface area contributed by atoms with Crippen molar-refractivity contribution in [3.05, 3.63) is 23.8 Å². The van der Waals surface area contributed by atoms with Crippen molar-refractivity contribution < 1.29 is 9.53 Å². The van der Waals surface area contributed by atoms with Gasteiger partial charge < -0.3 is 14.5 Å². The molecule has 0 saturated carbocycles. The van der Waals surface area contributed by atoms with E-state index in [0.29, 0.717) is 13.0 Å². The number of morpholine rings is 1. The van der Waals surface area contributed by atoms with Gasteiger partial charge in [0.25, 0.3) is 0 Å². The van der Waals surface area contributed by atoms with E-state index in [0.717, 1.165) is 37.6 Å². The summed E-state index contributed by atoms with van der Waals surface area (Å²) in [6.45, 7) is 6.06. The van der Waals surface area contributed by atoms with Crippen LogP contribution < -0.4 is 9.80 Å². The van der Waals surface area contributed by atoms with Crippen molar-refractivity contribution in [3.63, 3.8) is 0 Å². The first-order valence-corrected chi connectivity index (χ1v) is 7.39. The van der Waals surface area contributed by atoms with Gasteiger partial charge in [-0.05, 0) is 30.7 Å². The van der Waals surface area contributed by atoms with Crippen LogP contribution in [0.4, 0.5) is 11.4 Å². The van der Waals surface area contributed by atoms with Crippen molar-refractivity contribution >= 4 is 17.3 Å². The maximum absolute atomic E-state index is 12.1. The fourth-order valence-corrected chi connectivity index (χ4v) is 3.01. The summed E-state index contributed by atoms with van der Waals surface area (Å²) in [4.78, 5) is 16.2. The topological polar surface area (TPSA) is 32.8 Å². The van der Waals surface area contributed by atoms with Gasteiger partial charge in [0.15, 0.2) is 0 Å². The fraction of sp³-hybridized carbons (Fsp3) is 0.471. The molecule has 21 heavy (non-hydrogen) atoms. The van der Waals surface area contributed by atoms with Gasteiger partial charge in [-0.3, -0.25) is 4.79 Å². The number of amides is 1. The van der Waals surface area contributed by atoms with Crippen LogP contribution in [0.5, 0.6) is 0 Å². The molecule has 2 heterocycles. The number of carbonyl (C=O) groups excluding carboxylic acids is 1. The van der Waals surface area contributed by atoms with Crippen LogP contribution in [-0.2, 0) is 9.53 Å². The quantitative estimate of drug-likeness (QED) is 0.777. The van der Waals surface area contributed by atoms with E-state index in [2.05, 4.69) is 29.9 Å². The number of benzene rings is 1. The number of rotatable bonds is 2. The molecule has 2 aliphatic heterocycles. The summed E-state index contributed by atoms with van der Waals surface area (Å²) in [5, 5.41) is 0. The number of ether oxygens (including phenoxy) is 1. The summed E-state index contributed by atoms with van der Waals surface area (Å²) in [5.41, 5.74) is 3.29. The van der Waals surface area contributed by atoms with Gasteiger partial charge in [0.05, 0.1) is 13.2 Å². The Hall–Kier alpha value is -1.99. The normalized spacial score (nSPS) is 22.5. The summed E-state index contributed by atoms with van der Waals surface area (Å²) >= 11 is 0. The number of hydrogen-bond acceptors (Lipinski definition) is 3. The minimum absolute atomic E-state index is 0.0378. The van der Waals surface area contributed by atoms with E-state index in [-0.39, 0.29) is 11.8 Å². The highest BCUT2D eigenvalue weighted by atomic mass is 16.5. The smallest absolute Gasteiger partial charge is 0.228 e. The highest BCUT2D eigenvalue weighted by Crippen LogP contribution is 2.30. The van der Waals surface area contributed by atoms with Crippen LogP contribution in [0.1, 0.15) is 12.0 Å². The minimum Gasteiger partial charge on any atom is -0.378 e. The average molecular weight is 284 g/mol. The Morgan fingerprint density at radius 2 is 2.10 bits per heavy atom. The molecule has 0 radical (unpaired) electrons. The summed E-state index contributed by atoms with van der Waals surface area (Å²) in [7, 11) is 0. The lowest BCUT2D eigenvalue weighted by Crippen LogP contribution is -2.36. The van der Waals surface area contributed by atoms with E-state index >= 15 is 0 Å². The Kier molecular flexibility index (Phi) is 3.85. The molecule has 1 unspecified atom stereocenters. The number of anilines is 2. The zero-order valence-electron chi connectivity index (χ0n) is 12.3. The van der Waals surface area contributed by atoms with Gasteiger partial charge in [-0.25, -0.2) is 0 Å². The molecular formula is C17H20N2O2. The second-order valence-corrected chi connectivity index (χ2v) is 5.64. The van der Waals surface area contributed by atoms with Crippen LogP contribution in [0.15, 0.2) is 18.2 Å². The van der Waals surface area contributed by atoms with Gasteiger partial charge >= 0.3 is 0 Å². The molecule has 4 heteroatoms. The lowest BCUT2D eigenvalue weighted by atomic mass is 10.1. The molecule has 1 aromatic carbocycles. The largest absolute Gasteiger partial charge is 0.378 e. The van der Waals surface area contributed by atoms with Crippen LogP contribution in [0.25, 0.3) is 0 Å². The van der Waals surface area contributed by atoms with Gasteiger partial charge in [0.2, 0.25) is 5.91 Å². The van der Waals surface area contributed by atoms with Crippen molar-refractivity contribution in [2.24, 2.45) is 5.92 Å². The molecule has 0 bridgehead atoms. The Balaban J connectivity index is 1.81. The summed E-state index contributed by atoms with van der Waals surface area (Å²) in [6.07, 6.45) is 5.91. The highest BCUT2D eigenvalue weighted by molar-refractivity contribution is 5.97. The zero-order valence-corrected chi connectivity index (χ0v) is 12.3. The van der Waals surface area contributed by atoms with E-state index in [1.165, 1.54) is 5.69 Å². The Labute approximate surface area is 125 Å². The molecule has 1 aromatic rings. The van der Waals surface area contributed by atoms with E-state index in [1.807, 2.05) is 11.0 Å². The molecule has 2 fully saturated rings. The van der Waals surface area contributed by atoms with Crippen LogP contribution in [-0.4, -0.2) is 38.8 Å². The third-order valence-corrected chi connectivity index (χ3v) is 4.21. The molecular weight excluding hydrogens is 264 g/mol. The Morgan fingerprint density at radius 1 is 1.33 bits per heavy atom. The van der Waals surface area contributed by atoms with Gasteiger partial charge in [-0.1, -0.05) is 0 Å². The molecule has 2 saturated heterocycles. The maximum Gasteiger partial charge on any atom is 0.228 e. The summed E-state index contributed by atoms with van der Waals surface area (Å²) < 4.78 is 5.38. The fourth-order valence-electron chi connectivity index (χ4n) is 3.01. The first-order valence-electron chi connectivity index (χ1n) is 7.39. The molecule has 3 rings (SSSR count). The van der Waals surface area contributed by atoms with Crippen molar-refractivity contribution in [2.75, 3.05) is 42.6 Å². The molecule has 0 aliphatic carbocycles. The molecule has 4 nitrogen and oxygen atoms in total. The molecule has 0 aromatic heterocycles. The third-order valence-electron chi connectivity index (χ3n) is 4.21. The predicted octanol–water partition coefficient (Wildman–Crippen LogP) is 1.82. The number of terminal acetylenes is 1. The van der Waals surface area contributed by atoms with Gasteiger partial charge in [-0.15, -0.1) is 12.3 Å². The van der Waals surface area contributed by atoms with Crippen molar-refractivity contribution in [1.29, 1.82) is 0 Å². The second-order valence-electron chi connectivity index (χ2n) is 5.64. The van der Waals surface area contributed by atoms with E-state index in [9.17, 15) is 4.79 Å². The zero-order chi connectivity index (χ0) is 14.8. The van der Waals surface area contributed by atoms with E-state index in [1.54, 1.807) is 0 Å². The molecule has 1 amide bonds. The van der Waals surface area contributed by atoms with Crippen molar-refractivity contribution in [1.82, 2.24) is 0 Å². The number of aryl methyl sites for hydroxylation is 1. The molecule has 110 valence electrons. The number of nitrogens with zero attached hydrogens (tertiary/aromatic N) is 2. The second kappa shape index (κ2) is 5.79. The van der Waals surface area contributed by atoms with E-state index < -0.39 is 0 Å². The Morgan fingerprint density at radius 3 is 2.71 bits per heavy atom. The van der Waals surface area contributed by atoms with Gasteiger partial charge in [-0.2, -0.15) is 0 Å². The van der Waals surface area contributed by atoms with Crippen molar-refractivity contribution in [2.45, 2.75) is 13.3 Å². The minimum atomic E-state index is 0.0378.